The van der Waals surface area contributed by atoms with E-state index in [-0.39, 0.29) is 17.2 Å². The number of thiophene rings is 1. The second-order valence-corrected chi connectivity index (χ2v) is 6.07. The van der Waals surface area contributed by atoms with Gasteiger partial charge in [0, 0.05) is 17.5 Å². The molecule has 0 aliphatic carbocycles. The minimum absolute atomic E-state index is 0.102. The molecule has 7 nitrogen and oxygen atoms in total. The fourth-order valence-electron chi connectivity index (χ4n) is 1.77. The lowest BCUT2D eigenvalue weighted by Crippen LogP contribution is -2.25. The minimum atomic E-state index is -1.22. The number of hydrogen-bond acceptors (Lipinski definition) is 7. The van der Waals surface area contributed by atoms with Crippen LogP contribution in [-0.4, -0.2) is 24.3 Å². The number of Topliss-reactive ketones (excluding diaryl/α,β-unsaturated/α-hetero) is 1. The van der Waals surface area contributed by atoms with Crippen molar-refractivity contribution in [1.82, 2.24) is 0 Å². The molecule has 0 bridgehead atoms. The monoisotopic (exact) mass is 335 g/mol. The minimum Gasteiger partial charge on any atom is -0.454 e. The van der Waals surface area contributed by atoms with E-state index in [1.165, 1.54) is 18.3 Å². The maximum atomic E-state index is 12.2. The van der Waals surface area contributed by atoms with Gasteiger partial charge in [0.15, 0.2) is 12.4 Å². The van der Waals surface area contributed by atoms with E-state index >= 15 is 0 Å². The average Bonchev–Trinajstić information content (AvgIpc) is 2.70. The lowest BCUT2D eigenvalue weighted by atomic mass is 10.0. The predicted octanol–water partition coefficient (Wildman–Crippen LogP) is 1.66. The highest BCUT2D eigenvalue weighted by atomic mass is 32.1. The summed E-state index contributed by atoms with van der Waals surface area (Å²) in [7, 11) is 0. The first-order valence-electron chi connectivity index (χ1n) is 6.60. The first-order chi connectivity index (χ1) is 10.7. The first-order valence-corrected chi connectivity index (χ1v) is 7.42. The molecular weight excluding hydrogens is 318 g/mol. The number of carbonyl (C=O) groups is 3. The van der Waals surface area contributed by atoms with E-state index in [1.807, 2.05) is 0 Å². The number of nitrogens with two attached hydrogens (primary N) is 1. The zero-order chi connectivity index (χ0) is 17.7. The molecule has 0 spiro atoms. The van der Waals surface area contributed by atoms with Gasteiger partial charge in [0.25, 0.3) is 0 Å². The molecule has 8 heteroatoms. The Balaban J connectivity index is 2.91. The lowest BCUT2D eigenvalue weighted by Gasteiger charge is -2.09. The van der Waals surface area contributed by atoms with Gasteiger partial charge in [0.05, 0.1) is 11.6 Å². The summed E-state index contributed by atoms with van der Waals surface area (Å²) >= 11 is 1.24. The Morgan fingerprint density at radius 2 is 2.04 bits per heavy atom. The van der Waals surface area contributed by atoms with Crippen LogP contribution in [-0.2, 0) is 14.3 Å². The van der Waals surface area contributed by atoms with Gasteiger partial charge in [-0.05, 0) is 19.4 Å². The van der Waals surface area contributed by atoms with Crippen molar-refractivity contribution < 1.29 is 19.1 Å². The third-order valence-corrected chi connectivity index (χ3v) is 4.17. The van der Waals surface area contributed by atoms with Crippen molar-refractivity contribution in [1.29, 1.82) is 5.26 Å². The third kappa shape index (κ3) is 4.40. The molecule has 23 heavy (non-hydrogen) atoms. The van der Waals surface area contributed by atoms with Crippen molar-refractivity contribution >= 4 is 34.0 Å². The standard InChI is InChI=1S/C15H17N3O4S/c1-7-9(3)23-14(18-10(4)19)13(7)15(21)22-6-12(20)11(5-16)8(2)17/h11H,2,6,17H2,1,3-4H3,(H,18,19)/t11-/m0/s1. The van der Waals surface area contributed by atoms with Crippen LogP contribution in [0.2, 0.25) is 0 Å². The number of ketones is 1. The Morgan fingerprint density at radius 3 is 2.52 bits per heavy atom. The Kier molecular flexibility index (Phi) is 6.04. The molecule has 122 valence electrons. The van der Waals surface area contributed by atoms with Gasteiger partial charge in [-0.15, -0.1) is 11.3 Å². The number of esters is 1. The van der Waals surface area contributed by atoms with Gasteiger partial charge >= 0.3 is 5.97 Å². The number of nitriles is 1. The highest BCUT2D eigenvalue weighted by Gasteiger charge is 2.25. The Hall–Kier alpha value is -2.66. The van der Waals surface area contributed by atoms with E-state index in [4.69, 9.17) is 15.7 Å². The number of nitrogens with one attached hydrogen (secondary N) is 1. The summed E-state index contributed by atoms with van der Waals surface area (Å²) in [5.74, 6) is -2.94. The molecule has 1 heterocycles. The van der Waals surface area contributed by atoms with Crippen LogP contribution < -0.4 is 11.1 Å². The largest absolute Gasteiger partial charge is 0.454 e. The van der Waals surface area contributed by atoms with Crippen LogP contribution in [0, 0.1) is 31.1 Å². The molecule has 1 rings (SSSR count). The van der Waals surface area contributed by atoms with E-state index in [1.54, 1.807) is 19.9 Å². The normalized spacial score (nSPS) is 11.2. The maximum absolute atomic E-state index is 12.2. The van der Waals surface area contributed by atoms with Gasteiger partial charge in [0.2, 0.25) is 5.91 Å². The summed E-state index contributed by atoms with van der Waals surface area (Å²) in [6.45, 7) is 7.60. The first kappa shape index (κ1) is 18.4. The van der Waals surface area contributed by atoms with Crippen LogP contribution >= 0.6 is 11.3 Å². The molecule has 0 fully saturated rings. The number of carbonyl (C=O) groups excluding carboxylic acids is 3. The molecule has 0 aromatic carbocycles. The number of rotatable bonds is 6. The van der Waals surface area contributed by atoms with Crippen molar-refractivity contribution in [2.75, 3.05) is 11.9 Å². The van der Waals surface area contributed by atoms with E-state index in [9.17, 15) is 14.4 Å². The Labute approximate surface area is 137 Å². The van der Waals surface area contributed by atoms with Gasteiger partial charge in [-0.1, -0.05) is 6.58 Å². The number of allylic oxidation sites excluding steroid dienone is 1. The fourth-order valence-corrected chi connectivity index (χ4v) is 2.87. The quantitative estimate of drug-likeness (QED) is 0.762. The van der Waals surface area contributed by atoms with Crippen molar-refractivity contribution in [3.63, 3.8) is 0 Å². The predicted molar refractivity (Wildman–Crippen MR) is 85.8 cm³/mol. The molecular formula is C15H17N3O4S. The molecule has 0 aliphatic rings. The Bertz CT molecular complexity index is 715. The highest BCUT2D eigenvalue weighted by molar-refractivity contribution is 7.16. The van der Waals surface area contributed by atoms with E-state index < -0.39 is 24.3 Å². The van der Waals surface area contributed by atoms with Crippen LogP contribution in [0.3, 0.4) is 0 Å². The van der Waals surface area contributed by atoms with Crippen LogP contribution in [0.4, 0.5) is 5.00 Å². The summed E-state index contributed by atoms with van der Waals surface area (Å²) in [4.78, 5) is 36.1. The van der Waals surface area contributed by atoms with Gasteiger partial charge < -0.3 is 15.8 Å². The van der Waals surface area contributed by atoms with E-state index in [0.29, 0.717) is 10.6 Å². The van der Waals surface area contributed by atoms with Crippen molar-refractivity contribution in [2.24, 2.45) is 11.7 Å². The second kappa shape index (κ2) is 7.56. The van der Waals surface area contributed by atoms with Crippen molar-refractivity contribution in [3.8, 4) is 6.07 Å². The number of amides is 1. The fraction of sp³-hybridized carbons (Fsp3) is 0.333. The average molecular weight is 335 g/mol. The molecule has 0 saturated carbocycles. The third-order valence-electron chi connectivity index (χ3n) is 3.05. The molecule has 0 radical (unpaired) electrons. The van der Waals surface area contributed by atoms with Gasteiger partial charge in [-0.2, -0.15) is 5.26 Å². The summed E-state index contributed by atoms with van der Waals surface area (Å²) < 4.78 is 4.96. The number of anilines is 1. The van der Waals surface area contributed by atoms with Gasteiger partial charge in [-0.3, -0.25) is 9.59 Å². The van der Waals surface area contributed by atoms with Crippen molar-refractivity contribution in [3.05, 3.63) is 28.3 Å². The maximum Gasteiger partial charge on any atom is 0.341 e. The zero-order valence-electron chi connectivity index (χ0n) is 13.1. The molecule has 1 aromatic rings. The van der Waals surface area contributed by atoms with E-state index in [0.717, 1.165) is 4.88 Å². The molecule has 3 N–H and O–H groups in total. The molecule has 1 amide bonds. The molecule has 0 saturated heterocycles. The molecule has 1 aromatic heterocycles. The number of aryl methyl sites for hydroxylation is 1. The topological polar surface area (TPSA) is 122 Å². The van der Waals surface area contributed by atoms with Gasteiger partial charge in [-0.25, -0.2) is 4.79 Å². The number of ether oxygens (including phenoxy) is 1. The van der Waals surface area contributed by atoms with Crippen molar-refractivity contribution in [2.45, 2.75) is 20.8 Å². The van der Waals surface area contributed by atoms with Crippen LogP contribution in [0.15, 0.2) is 12.3 Å². The van der Waals surface area contributed by atoms with Crippen LogP contribution in [0.25, 0.3) is 0 Å². The summed E-state index contributed by atoms with van der Waals surface area (Å²) in [5.41, 5.74) is 6.11. The van der Waals surface area contributed by atoms with Crippen LogP contribution in [0.5, 0.6) is 0 Å². The van der Waals surface area contributed by atoms with E-state index in [2.05, 4.69) is 11.9 Å². The number of nitrogens with zero attached hydrogens (tertiary/aromatic N) is 1. The SMILES string of the molecule is C=C(N)[C@H](C#N)C(=O)COC(=O)c1c(NC(C)=O)sc(C)c1C. The van der Waals surface area contributed by atoms with Gasteiger partial charge in [0.1, 0.15) is 10.9 Å². The smallest absolute Gasteiger partial charge is 0.341 e. The molecule has 1 atom stereocenters. The summed E-state index contributed by atoms with van der Waals surface area (Å²) in [5, 5.41) is 11.8. The van der Waals surface area contributed by atoms with Crippen LogP contribution in [0.1, 0.15) is 27.7 Å². The Morgan fingerprint density at radius 1 is 1.43 bits per heavy atom. The summed E-state index contributed by atoms with van der Waals surface area (Å²) in [6, 6.07) is 1.70. The lowest BCUT2D eigenvalue weighted by molar-refractivity contribution is -0.123. The zero-order valence-corrected chi connectivity index (χ0v) is 13.9. The highest BCUT2D eigenvalue weighted by Crippen LogP contribution is 2.33. The number of hydrogen-bond donors (Lipinski definition) is 2. The molecule has 0 aliphatic heterocycles. The molecule has 0 unspecified atom stereocenters. The summed E-state index contributed by atoms with van der Waals surface area (Å²) in [6.07, 6.45) is 0. The second-order valence-electron chi connectivity index (χ2n) is 4.85.